The van der Waals surface area contributed by atoms with Crippen LogP contribution < -0.4 is 15.4 Å². The number of nitrogens with zero attached hydrogens (tertiary/aromatic N) is 2. The predicted octanol–water partition coefficient (Wildman–Crippen LogP) is 2.46. The van der Waals surface area contributed by atoms with E-state index in [9.17, 15) is 9.59 Å². The lowest BCUT2D eigenvalue weighted by Crippen LogP contribution is -2.45. The quantitative estimate of drug-likeness (QED) is 0.825. The minimum atomic E-state index is -0.614. The van der Waals surface area contributed by atoms with Crippen LogP contribution in [0.3, 0.4) is 0 Å². The summed E-state index contributed by atoms with van der Waals surface area (Å²) in [6.07, 6.45) is 2.89. The van der Waals surface area contributed by atoms with Crippen molar-refractivity contribution in [1.82, 2.24) is 15.5 Å². The number of benzene rings is 1. The van der Waals surface area contributed by atoms with Crippen LogP contribution in [0.15, 0.2) is 24.3 Å². The molecule has 0 bridgehead atoms. The SMILES string of the molecule is COc1cccc(-c2nnc(NC(=O)C(C)NC(=O)C3CCC3)s2)c1. The molecule has 2 N–H and O–H groups in total. The first kappa shape index (κ1) is 17.3. The van der Waals surface area contributed by atoms with Crippen molar-refractivity contribution in [1.29, 1.82) is 0 Å². The number of carbonyl (C=O) groups is 2. The van der Waals surface area contributed by atoms with Crippen LogP contribution in [0, 0.1) is 5.92 Å². The van der Waals surface area contributed by atoms with Gasteiger partial charge in [0, 0.05) is 11.5 Å². The highest BCUT2D eigenvalue weighted by Crippen LogP contribution is 2.29. The fourth-order valence-corrected chi connectivity index (χ4v) is 3.17. The first-order chi connectivity index (χ1) is 12.1. The van der Waals surface area contributed by atoms with Gasteiger partial charge in [-0.05, 0) is 31.9 Å². The first-order valence-electron chi connectivity index (χ1n) is 8.16. The molecule has 1 fully saturated rings. The normalized spacial score (nSPS) is 15.1. The Morgan fingerprint density at radius 3 is 2.80 bits per heavy atom. The lowest BCUT2D eigenvalue weighted by Gasteiger charge is -2.25. The third-order valence-electron chi connectivity index (χ3n) is 4.20. The Morgan fingerprint density at radius 1 is 1.32 bits per heavy atom. The van der Waals surface area contributed by atoms with Gasteiger partial charge < -0.3 is 10.1 Å². The van der Waals surface area contributed by atoms with Gasteiger partial charge in [-0.3, -0.25) is 14.9 Å². The number of amides is 2. The van der Waals surface area contributed by atoms with E-state index in [1.807, 2.05) is 24.3 Å². The van der Waals surface area contributed by atoms with Crippen LogP contribution in [-0.4, -0.2) is 35.2 Å². The number of ether oxygens (including phenoxy) is 1. The Hall–Kier alpha value is -2.48. The zero-order valence-electron chi connectivity index (χ0n) is 14.1. The molecule has 1 atom stereocenters. The number of carbonyl (C=O) groups excluding carboxylic acids is 2. The summed E-state index contributed by atoms with van der Waals surface area (Å²) in [5, 5.41) is 14.6. The lowest BCUT2D eigenvalue weighted by atomic mass is 9.84. The van der Waals surface area contributed by atoms with Gasteiger partial charge in [0.15, 0.2) is 0 Å². The average Bonchev–Trinajstić information content (AvgIpc) is 3.01. The van der Waals surface area contributed by atoms with E-state index in [1.54, 1.807) is 14.0 Å². The predicted molar refractivity (Wildman–Crippen MR) is 95.5 cm³/mol. The van der Waals surface area contributed by atoms with Crippen molar-refractivity contribution < 1.29 is 14.3 Å². The molecule has 1 aromatic carbocycles. The van der Waals surface area contributed by atoms with Crippen molar-refractivity contribution in [3.63, 3.8) is 0 Å². The van der Waals surface area contributed by atoms with E-state index in [0.717, 1.165) is 30.6 Å². The van der Waals surface area contributed by atoms with Crippen LogP contribution in [0.1, 0.15) is 26.2 Å². The molecule has 0 saturated heterocycles. The molecular formula is C17H20N4O3S. The van der Waals surface area contributed by atoms with Gasteiger partial charge in [-0.15, -0.1) is 10.2 Å². The van der Waals surface area contributed by atoms with Gasteiger partial charge in [-0.2, -0.15) is 0 Å². The van der Waals surface area contributed by atoms with Crippen molar-refractivity contribution in [2.24, 2.45) is 5.92 Å². The summed E-state index contributed by atoms with van der Waals surface area (Å²) < 4.78 is 5.20. The molecule has 2 amide bonds. The lowest BCUT2D eigenvalue weighted by molar-refractivity contribution is -0.130. The van der Waals surface area contributed by atoms with E-state index in [-0.39, 0.29) is 17.7 Å². The highest BCUT2D eigenvalue weighted by molar-refractivity contribution is 7.18. The van der Waals surface area contributed by atoms with Gasteiger partial charge in [-0.1, -0.05) is 29.9 Å². The van der Waals surface area contributed by atoms with Crippen molar-refractivity contribution in [3.05, 3.63) is 24.3 Å². The molecular weight excluding hydrogens is 340 g/mol. The molecule has 0 radical (unpaired) electrons. The number of hydrogen-bond acceptors (Lipinski definition) is 6. The molecule has 8 heteroatoms. The fourth-order valence-electron chi connectivity index (χ4n) is 2.43. The number of rotatable bonds is 6. The highest BCUT2D eigenvalue weighted by atomic mass is 32.1. The molecule has 0 spiro atoms. The molecule has 25 heavy (non-hydrogen) atoms. The Morgan fingerprint density at radius 2 is 2.12 bits per heavy atom. The minimum Gasteiger partial charge on any atom is -0.497 e. The molecule has 1 heterocycles. The molecule has 7 nitrogen and oxygen atoms in total. The number of anilines is 1. The maximum absolute atomic E-state index is 12.2. The van der Waals surface area contributed by atoms with Gasteiger partial charge in [0.1, 0.15) is 16.8 Å². The topological polar surface area (TPSA) is 93.2 Å². The second-order valence-corrected chi connectivity index (χ2v) is 6.97. The smallest absolute Gasteiger partial charge is 0.248 e. The van der Waals surface area contributed by atoms with E-state index < -0.39 is 6.04 Å². The molecule has 1 saturated carbocycles. The van der Waals surface area contributed by atoms with Crippen LogP contribution in [0.4, 0.5) is 5.13 Å². The van der Waals surface area contributed by atoms with Crippen LogP contribution in [0.25, 0.3) is 10.6 Å². The number of methoxy groups -OCH3 is 1. The van der Waals surface area contributed by atoms with E-state index in [0.29, 0.717) is 10.1 Å². The fraction of sp³-hybridized carbons (Fsp3) is 0.412. The summed E-state index contributed by atoms with van der Waals surface area (Å²) in [6.45, 7) is 1.66. The standard InChI is InChI=1S/C17H20N4O3S/c1-10(18-15(23)11-5-3-6-11)14(22)19-17-21-20-16(25-17)12-7-4-8-13(9-12)24-2/h4,7-11H,3,5-6H2,1-2H3,(H,18,23)(H,19,21,22). The Labute approximate surface area is 149 Å². The molecule has 1 aliphatic rings. The maximum atomic E-state index is 12.2. The Bertz CT molecular complexity index is 773. The zero-order valence-corrected chi connectivity index (χ0v) is 14.9. The van der Waals surface area contributed by atoms with E-state index >= 15 is 0 Å². The van der Waals surface area contributed by atoms with E-state index in [4.69, 9.17) is 4.74 Å². The molecule has 1 aromatic heterocycles. The molecule has 2 aromatic rings. The van der Waals surface area contributed by atoms with E-state index in [2.05, 4.69) is 20.8 Å². The summed E-state index contributed by atoms with van der Waals surface area (Å²) in [5.41, 5.74) is 0.865. The van der Waals surface area contributed by atoms with Crippen LogP contribution in [-0.2, 0) is 9.59 Å². The highest BCUT2D eigenvalue weighted by Gasteiger charge is 2.27. The van der Waals surface area contributed by atoms with Crippen molar-refractivity contribution in [2.75, 3.05) is 12.4 Å². The largest absolute Gasteiger partial charge is 0.497 e. The van der Waals surface area contributed by atoms with Crippen molar-refractivity contribution >= 4 is 28.3 Å². The second kappa shape index (κ2) is 7.60. The zero-order chi connectivity index (χ0) is 17.8. The number of aromatic nitrogens is 2. The maximum Gasteiger partial charge on any atom is 0.248 e. The molecule has 0 aliphatic heterocycles. The first-order valence-corrected chi connectivity index (χ1v) is 8.97. The van der Waals surface area contributed by atoms with Gasteiger partial charge in [0.25, 0.3) is 0 Å². The second-order valence-electron chi connectivity index (χ2n) is 5.99. The van der Waals surface area contributed by atoms with Crippen LogP contribution >= 0.6 is 11.3 Å². The Balaban J connectivity index is 1.60. The molecule has 3 rings (SSSR count). The summed E-state index contributed by atoms with van der Waals surface area (Å²) in [6, 6.07) is 6.85. The monoisotopic (exact) mass is 360 g/mol. The van der Waals surface area contributed by atoms with Crippen LogP contribution in [0.2, 0.25) is 0 Å². The van der Waals surface area contributed by atoms with Gasteiger partial charge >= 0.3 is 0 Å². The molecule has 132 valence electrons. The third-order valence-corrected chi connectivity index (χ3v) is 5.09. The van der Waals surface area contributed by atoms with E-state index in [1.165, 1.54) is 11.3 Å². The van der Waals surface area contributed by atoms with Gasteiger partial charge in [-0.25, -0.2) is 0 Å². The average molecular weight is 360 g/mol. The number of nitrogens with one attached hydrogen (secondary N) is 2. The molecule has 1 aliphatic carbocycles. The third kappa shape index (κ3) is 4.14. The van der Waals surface area contributed by atoms with Gasteiger partial charge in [0.2, 0.25) is 16.9 Å². The summed E-state index contributed by atoms with van der Waals surface area (Å²) in [4.78, 5) is 24.1. The van der Waals surface area contributed by atoms with Crippen molar-refractivity contribution in [3.8, 4) is 16.3 Å². The van der Waals surface area contributed by atoms with Crippen molar-refractivity contribution in [2.45, 2.75) is 32.2 Å². The number of hydrogen-bond donors (Lipinski definition) is 2. The molecule has 1 unspecified atom stereocenters. The summed E-state index contributed by atoms with van der Waals surface area (Å²) in [5.74, 6) is 0.423. The van der Waals surface area contributed by atoms with Gasteiger partial charge in [0.05, 0.1) is 7.11 Å². The summed E-state index contributed by atoms with van der Waals surface area (Å²) >= 11 is 1.27. The Kier molecular flexibility index (Phi) is 5.28. The minimum absolute atomic E-state index is 0.0523. The van der Waals surface area contributed by atoms with Crippen LogP contribution in [0.5, 0.6) is 5.75 Å². The summed E-state index contributed by atoms with van der Waals surface area (Å²) in [7, 11) is 1.60.